The molecule has 7 nitrogen and oxygen atoms in total. The number of rotatable bonds is 5. The molecule has 136 valence electrons. The average Bonchev–Trinajstić information content (AvgIpc) is 2.97. The summed E-state index contributed by atoms with van der Waals surface area (Å²) in [7, 11) is -3.61. The molecule has 1 N–H and O–H groups in total. The zero-order valence-electron chi connectivity index (χ0n) is 14.1. The van der Waals surface area contributed by atoms with Crippen molar-refractivity contribution < 1.29 is 17.9 Å². The molecule has 0 bridgehead atoms. The minimum absolute atomic E-state index is 0.00607. The molecular weight excluding hydrogens is 378 g/mol. The van der Waals surface area contributed by atoms with Gasteiger partial charge in [-0.05, 0) is 37.3 Å². The number of carbonyl (C=O) groups is 1. The molecule has 0 radical (unpaired) electrons. The van der Waals surface area contributed by atoms with E-state index < -0.39 is 15.7 Å². The van der Waals surface area contributed by atoms with Gasteiger partial charge in [0.25, 0.3) is 5.91 Å². The molecule has 2 aromatic heterocycles. The summed E-state index contributed by atoms with van der Waals surface area (Å²) >= 11 is 6.00. The fourth-order valence-electron chi connectivity index (χ4n) is 2.50. The number of pyridine rings is 1. The van der Waals surface area contributed by atoms with E-state index in [-0.39, 0.29) is 10.9 Å². The molecule has 3 aromatic rings. The molecule has 0 saturated carbocycles. The summed E-state index contributed by atoms with van der Waals surface area (Å²) in [5.41, 5.74) is 0.751. The van der Waals surface area contributed by atoms with Crippen LogP contribution in [0.5, 0.6) is 5.75 Å². The molecule has 3 rings (SSSR count). The van der Waals surface area contributed by atoms with Gasteiger partial charge in [-0.15, -0.1) is 0 Å². The SMILES string of the molecule is CCOc1ccc(Cl)cc1NC(=O)c1nc(S(C)(=O)=O)n2ccccc12. The summed E-state index contributed by atoms with van der Waals surface area (Å²) in [5.74, 6) is -0.107. The van der Waals surface area contributed by atoms with Gasteiger partial charge in [0, 0.05) is 17.5 Å². The molecule has 0 atom stereocenters. The fraction of sp³-hybridized carbons (Fsp3) is 0.176. The van der Waals surface area contributed by atoms with Gasteiger partial charge in [0.2, 0.25) is 15.0 Å². The third kappa shape index (κ3) is 3.51. The van der Waals surface area contributed by atoms with E-state index in [4.69, 9.17) is 16.3 Å². The van der Waals surface area contributed by atoms with Gasteiger partial charge >= 0.3 is 0 Å². The van der Waals surface area contributed by atoms with Crippen LogP contribution in [0.3, 0.4) is 0 Å². The topological polar surface area (TPSA) is 89.8 Å². The average molecular weight is 394 g/mol. The Bertz CT molecular complexity index is 1090. The van der Waals surface area contributed by atoms with Crippen molar-refractivity contribution in [1.29, 1.82) is 0 Å². The lowest BCUT2D eigenvalue weighted by Crippen LogP contribution is -2.14. The lowest BCUT2D eigenvalue weighted by molar-refractivity contribution is 0.102. The lowest BCUT2D eigenvalue weighted by atomic mass is 10.2. The van der Waals surface area contributed by atoms with Crippen molar-refractivity contribution in [2.45, 2.75) is 12.1 Å². The molecule has 0 aliphatic carbocycles. The predicted molar refractivity (Wildman–Crippen MR) is 98.9 cm³/mol. The third-order valence-corrected chi connectivity index (χ3v) is 4.74. The van der Waals surface area contributed by atoms with Crippen molar-refractivity contribution in [3.8, 4) is 5.75 Å². The summed E-state index contributed by atoms with van der Waals surface area (Å²) in [6.07, 6.45) is 2.58. The molecule has 26 heavy (non-hydrogen) atoms. The van der Waals surface area contributed by atoms with Crippen molar-refractivity contribution in [2.75, 3.05) is 18.2 Å². The minimum atomic E-state index is -3.61. The van der Waals surface area contributed by atoms with Crippen molar-refractivity contribution >= 4 is 38.5 Å². The number of halogens is 1. The lowest BCUT2D eigenvalue weighted by Gasteiger charge is -2.11. The monoisotopic (exact) mass is 393 g/mol. The van der Waals surface area contributed by atoms with E-state index in [0.717, 1.165) is 6.26 Å². The molecule has 1 amide bonds. The summed E-state index contributed by atoms with van der Waals surface area (Å²) in [5, 5.41) is 2.92. The number of sulfone groups is 1. The first-order valence-corrected chi connectivity index (χ1v) is 9.99. The maximum atomic E-state index is 12.8. The highest BCUT2D eigenvalue weighted by molar-refractivity contribution is 7.90. The minimum Gasteiger partial charge on any atom is -0.492 e. The van der Waals surface area contributed by atoms with Crippen LogP contribution in [0, 0.1) is 0 Å². The van der Waals surface area contributed by atoms with Crippen LogP contribution in [-0.2, 0) is 9.84 Å². The van der Waals surface area contributed by atoms with Gasteiger partial charge in [-0.2, -0.15) is 0 Å². The number of hydrogen-bond donors (Lipinski definition) is 1. The summed E-state index contributed by atoms with van der Waals surface area (Å²) < 4.78 is 30.8. The molecule has 1 aromatic carbocycles. The molecule has 0 aliphatic heterocycles. The number of nitrogens with zero attached hydrogens (tertiary/aromatic N) is 2. The molecule has 0 unspecified atom stereocenters. The predicted octanol–water partition coefficient (Wildman–Crippen LogP) is 3.04. The first-order chi connectivity index (χ1) is 12.3. The quantitative estimate of drug-likeness (QED) is 0.719. The number of imidazole rings is 1. The van der Waals surface area contributed by atoms with E-state index in [2.05, 4.69) is 10.3 Å². The molecule has 0 fully saturated rings. The van der Waals surface area contributed by atoms with Gasteiger partial charge in [0.05, 0.1) is 17.8 Å². The number of hydrogen-bond acceptors (Lipinski definition) is 5. The number of aromatic nitrogens is 2. The van der Waals surface area contributed by atoms with Crippen molar-refractivity contribution in [3.05, 3.63) is 53.3 Å². The van der Waals surface area contributed by atoms with Gasteiger partial charge in [-0.3, -0.25) is 9.20 Å². The summed E-state index contributed by atoms with van der Waals surface area (Å²) in [6.45, 7) is 2.23. The highest BCUT2D eigenvalue weighted by Crippen LogP contribution is 2.29. The van der Waals surface area contributed by atoms with Gasteiger partial charge in [0.1, 0.15) is 5.75 Å². The summed E-state index contributed by atoms with van der Waals surface area (Å²) in [6, 6.07) is 9.84. The maximum Gasteiger partial charge on any atom is 0.276 e. The van der Waals surface area contributed by atoms with Crippen LogP contribution in [-0.4, -0.2) is 36.6 Å². The number of fused-ring (bicyclic) bond motifs is 1. The molecular formula is C17H16ClN3O4S. The second kappa shape index (κ2) is 6.97. The van der Waals surface area contributed by atoms with Crippen molar-refractivity contribution in [1.82, 2.24) is 9.38 Å². The van der Waals surface area contributed by atoms with E-state index in [9.17, 15) is 13.2 Å². The van der Waals surface area contributed by atoms with Crippen LogP contribution in [0.25, 0.3) is 5.52 Å². The summed E-state index contributed by atoms with van der Waals surface area (Å²) in [4.78, 5) is 16.8. The number of amides is 1. The standard InChI is InChI=1S/C17H16ClN3O4S/c1-3-25-14-8-7-11(18)10-12(14)19-16(22)15-13-6-4-5-9-21(13)17(20-15)26(2,23)24/h4-10H,3H2,1-2H3,(H,19,22). The Kier molecular flexibility index (Phi) is 4.88. The molecule has 9 heteroatoms. The number of carbonyl (C=O) groups excluding carboxylic acids is 1. The van der Waals surface area contributed by atoms with E-state index in [0.29, 0.717) is 28.6 Å². The maximum absolute atomic E-state index is 12.8. The Morgan fingerprint density at radius 1 is 1.31 bits per heavy atom. The van der Waals surface area contributed by atoms with E-state index in [1.165, 1.54) is 4.40 Å². The highest BCUT2D eigenvalue weighted by Gasteiger charge is 2.23. The third-order valence-electron chi connectivity index (χ3n) is 3.55. The van der Waals surface area contributed by atoms with E-state index in [1.807, 2.05) is 6.92 Å². The number of anilines is 1. The fourth-order valence-corrected chi connectivity index (χ4v) is 3.45. The second-order valence-electron chi connectivity index (χ2n) is 5.50. The number of ether oxygens (including phenoxy) is 1. The second-order valence-corrected chi connectivity index (χ2v) is 7.84. The Labute approximate surface area is 155 Å². The molecule has 0 aliphatic rings. The molecule has 0 spiro atoms. The zero-order valence-corrected chi connectivity index (χ0v) is 15.6. The van der Waals surface area contributed by atoms with Crippen molar-refractivity contribution in [3.63, 3.8) is 0 Å². The van der Waals surface area contributed by atoms with Crippen LogP contribution in [0.4, 0.5) is 5.69 Å². The van der Waals surface area contributed by atoms with Gasteiger partial charge < -0.3 is 10.1 Å². The molecule has 0 saturated heterocycles. The number of benzene rings is 1. The van der Waals surface area contributed by atoms with Gasteiger partial charge in [0.15, 0.2) is 5.69 Å². The van der Waals surface area contributed by atoms with Crippen LogP contribution in [0.1, 0.15) is 17.4 Å². The van der Waals surface area contributed by atoms with Crippen LogP contribution in [0.15, 0.2) is 47.8 Å². The Balaban J connectivity index is 2.06. The van der Waals surface area contributed by atoms with Gasteiger partial charge in [-0.1, -0.05) is 17.7 Å². The van der Waals surface area contributed by atoms with Crippen LogP contribution < -0.4 is 10.1 Å². The number of nitrogens with one attached hydrogen (secondary N) is 1. The highest BCUT2D eigenvalue weighted by atomic mass is 35.5. The normalized spacial score (nSPS) is 11.5. The van der Waals surface area contributed by atoms with Gasteiger partial charge in [-0.25, -0.2) is 13.4 Å². The van der Waals surface area contributed by atoms with Crippen molar-refractivity contribution in [2.24, 2.45) is 0 Å². The Morgan fingerprint density at radius 2 is 2.08 bits per heavy atom. The largest absolute Gasteiger partial charge is 0.492 e. The smallest absolute Gasteiger partial charge is 0.276 e. The first-order valence-electron chi connectivity index (χ1n) is 7.72. The molecule has 2 heterocycles. The van der Waals surface area contributed by atoms with Crippen LogP contribution in [0.2, 0.25) is 5.02 Å². The Hall–Kier alpha value is -2.58. The van der Waals surface area contributed by atoms with E-state index >= 15 is 0 Å². The Morgan fingerprint density at radius 3 is 2.77 bits per heavy atom. The zero-order chi connectivity index (χ0) is 18.9. The van der Waals surface area contributed by atoms with Crippen LogP contribution >= 0.6 is 11.6 Å². The first kappa shape index (κ1) is 18.2. The van der Waals surface area contributed by atoms with E-state index in [1.54, 1.807) is 42.6 Å².